The number of fused-ring (bicyclic) bond motifs is 12. The van der Waals surface area contributed by atoms with Crippen molar-refractivity contribution in [3.8, 4) is 55.6 Å². The average Bonchev–Trinajstić information content (AvgIpc) is 3.76. The minimum absolute atomic E-state index is 0.217. The first-order valence-electron chi connectivity index (χ1n) is 22.2. The van der Waals surface area contributed by atoms with E-state index in [1.54, 1.807) is 0 Å². The molecule has 1 atom stereocenters. The van der Waals surface area contributed by atoms with Crippen molar-refractivity contribution in [1.29, 1.82) is 0 Å². The molecular formula is C62H43N. The van der Waals surface area contributed by atoms with Gasteiger partial charge in [-0.1, -0.05) is 208 Å². The quantitative estimate of drug-likeness (QED) is 0.168. The molecule has 1 heteroatoms. The van der Waals surface area contributed by atoms with Crippen LogP contribution in [0.1, 0.15) is 47.2 Å². The molecule has 10 aromatic rings. The van der Waals surface area contributed by atoms with Crippen LogP contribution in [0.5, 0.6) is 0 Å². The van der Waals surface area contributed by atoms with Gasteiger partial charge in [-0.15, -0.1) is 0 Å². The second-order valence-electron chi connectivity index (χ2n) is 17.9. The summed E-state index contributed by atoms with van der Waals surface area (Å²) in [6.07, 6.45) is 0. The fourth-order valence-electron chi connectivity index (χ4n) is 11.9. The van der Waals surface area contributed by atoms with Crippen molar-refractivity contribution in [2.75, 3.05) is 4.90 Å². The van der Waals surface area contributed by atoms with Crippen molar-refractivity contribution in [1.82, 2.24) is 0 Å². The molecule has 1 nitrogen and oxygen atoms in total. The summed E-state index contributed by atoms with van der Waals surface area (Å²) in [5.74, 6) is 0. The maximum Gasteiger partial charge on any atom is 0.0732 e. The molecule has 0 saturated heterocycles. The zero-order valence-corrected chi connectivity index (χ0v) is 35.3. The van der Waals surface area contributed by atoms with E-state index >= 15 is 0 Å². The average molecular weight is 802 g/mol. The Balaban J connectivity index is 1.13. The molecule has 0 fully saturated rings. The van der Waals surface area contributed by atoms with Gasteiger partial charge in [0.1, 0.15) is 0 Å². The first-order chi connectivity index (χ1) is 31.0. The van der Waals surface area contributed by atoms with E-state index in [4.69, 9.17) is 0 Å². The van der Waals surface area contributed by atoms with Crippen LogP contribution < -0.4 is 4.90 Å². The highest BCUT2D eigenvalue weighted by Gasteiger charge is 2.51. The Kier molecular flexibility index (Phi) is 7.64. The van der Waals surface area contributed by atoms with E-state index in [1.807, 2.05) is 0 Å². The predicted octanol–water partition coefficient (Wildman–Crippen LogP) is 16.3. The monoisotopic (exact) mass is 801 g/mol. The molecule has 3 aliphatic rings. The molecular weight excluding hydrogens is 759 g/mol. The van der Waals surface area contributed by atoms with E-state index in [-0.39, 0.29) is 5.41 Å². The van der Waals surface area contributed by atoms with Gasteiger partial charge >= 0.3 is 0 Å². The molecule has 63 heavy (non-hydrogen) atoms. The van der Waals surface area contributed by atoms with Crippen LogP contribution in [0.2, 0.25) is 0 Å². The van der Waals surface area contributed by atoms with E-state index in [1.165, 1.54) is 105 Å². The van der Waals surface area contributed by atoms with Crippen LogP contribution in [-0.4, -0.2) is 0 Å². The summed E-state index contributed by atoms with van der Waals surface area (Å²) in [5.41, 5.74) is 23.4. The van der Waals surface area contributed by atoms with Gasteiger partial charge in [-0.05, 0) is 130 Å². The van der Waals surface area contributed by atoms with E-state index in [0.717, 1.165) is 11.4 Å². The molecule has 1 spiro atoms. The molecule has 0 radical (unpaired) electrons. The van der Waals surface area contributed by atoms with Crippen molar-refractivity contribution in [3.05, 3.63) is 258 Å². The summed E-state index contributed by atoms with van der Waals surface area (Å²) in [7, 11) is 0. The number of anilines is 3. The van der Waals surface area contributed by atoms with Crippen LogP contribution in [0.4, 0.5) is 17.1 Å². The lowest BCUT2D eigenvalue weighted by molar-refractivity contribution is 0.661. The fourth-order valence-corrected chi connectivity index (χ4v) is 11.9. The molecule has 296 valence electrons. The first kappa shape index (κ1) is 36.0. The lowest BCUT2D eigenvalue weighted by atomic mass is 9.60. The highest BCUT2D eigenvalue weighted by Crippen LogP contribution is 2.64. The largest absolute Gasteiger partial charge is 0.310 e. The Bertz CT molecular complexity index is 3470. The van der Waals surface area contributed by atoms with Gasteiger partial charge in [-0.3, -0.25) is 0 Å². The highest BCUT2D eigenvalue weighted by atomic mass is 15.1. The molecule has 0 amide bonds. The predicted molar refractivity (Wildman–Crippen MR) is 263 cm³/mol. The van der Waals surface area contributed by atoms with Crippen molar-refractivity contribution in [2.45, 2.75) is 24.7 Å². The van der Waals surface area contributed by atoms with Crippen molar-refractivity contribution in [3.63, 3.8) is 0 Å². The topological polar surface area (TPSA) is 3.24 Å². The Morgan fingerprint density at radius 2 is 0.825 bits per heavy atom. The Hall–Kier alpha value is -7.74. The summed E-state index contributed by atoms with van der Waals surface area (Å²) in [6, 6.07) is 84.2. The molecule has 0 aromatic heterocycles. The van der Waals surface area contributed by atoms with E-state index in [2.05, 4.69) is 243 Å². The van der Waals surface area contributed by atoms with Crippen LogP contribution in [0.3, 0.4) is 0 Å². The van der Waals surface area contributed by atoms with Gasteiger partial charge < -0.3 is 4.90 Å². The molecule has 13 rings (SSSR count). The van der Waals surface area contributed by atoms with Gasteiger partial charge in [-0.25, -0.2) is 0 Å². The van der Waals surface area contributed by atoms with Crippen LogP contribution in [0.15, 0.2) is 224 Å². The van der Waals surface area contributed by atoms with Gasteiger partial charge in [0, 0.05) is 16.8 Å². The summed E-state index contributed by atoms with van der Waals surface area (Å²) in [6.45, 7) is 4.79. The summed E-state index contributed by atoms with van der Waals surface area (Å²) in [5, 5.41) is 2.60. The number of benzene rings is 10. The fraction of sp³-hybridized carbons (Fsp3) is 0.0645. The second-order valence-corrected chi connectivity index (χ2v) is 17.9. The van der Waals surface area contributed by atoms with Crippen molar-refractivity contribution < 1.29 is 0 Å². The lowest BCUT2D eigenvalue weighted by Crippen LogP contribution is -2.32. The van der Waals surface area contributed by atoms with Gasteiger partial charge in [0.2, 0.25) is 0 Å². The highest BCUT2D eigenvalue weighted by molar-refractivity contribution is 6.10. The number of hydrogen-bond acceptors (Lipinski definition) is 1. The van der Waals surface area contributed by atoms with Crippen LogP contribution >= 0.6 is 0 Å². The molecule has 0 bridgehead atoms. The second kappa shape index (κ2) is 13.4. The van der Waals surface area contributed by atoms with Gasteiger partial charge in [0.05, 0.1) is 11.1 Å². The Morgan fingerprint density at radius 3 is 1.54 bits per heavy atom. The minimum Gasteiger partial charge on any atom is -0.310 e. The SMILES string of the molecule is CC1(C)c2ccccc2-c2cccc(N(c3ccc(-c4ccccc4)cc3)c3ccc4c(c3)C3(c5ccccc5-4)c4ccccc4-c4cccc5ccc(-c6ccccc6)c3c45)c21. The molecule has 0 saturated carbocycles. The normalized spacial score (nSPS) is 15.7. The first-order valence-corrected chi connectivity index (χ1v) is 22.2. The molecule has 1 unspecified atom stereocenters. The van der Waals surface area contributed by atoms with E-state index in [0.29, 0.717) is 0 Å². The Labute approximate surface area is 369 Å². The molecule has 10 aromatic carbocycles. The summed E-state index contributed by atoms with van der Waals surface area (Å²) in [4.78, 5) is 2.54. The smallest absolute Gasteiger partial charge is 0.0732 e. The summed E-state index contributed by atoms with van der Waals surface area (Å²) < 4.78 is 0. The van der Waals surface area contributed by atoms with Crippen LogP contribution in [0, 0.1) is 0 Å². The lowest BCUT2D eigenvalue weighted by Gasteiger charge is -2.42. The number of nitrogens with zero attached hydrogens (tertiary/aromatic N) is 1. The number of hydrogen-bond donors (Lipinski definition) is 0. The summed E-state index contributed by atoms with van der Waals surface area (Å²) >= 11 is 0. The number of rotatable bonds is 5. The third-order valence-electron chi connectivity index (χ3n) is 14.4. The molecule has 0 N–H and O–H groups in total. The minimum atomic E-state index is -0.603. The zero-order valence-electron chi connectivity index (χ0n) is 35.3. The zero-order chi connectivity index (χ0) is 41.9. The molecule has 0 aliphatic heterocycles. The van der Waals surface area contributed by atoms with E-state index < -0.39 is 5.41 Å². The standard InChI is InChI=1S/C62H43N/c1-61(2)53-27-12-9-24-49(53)52-26-16-30-57(59(52)61)63(44-34-31-41(32-35-44)40-17-5-3-6-18-40)45-36-38-50-47-22-10-13-28-54(47)62(56(50)39-45)55-29-14-11-23-48(55)51-25-15-21-43-33-37-46(60(62)58(43)51)42-19-7-4-8-20-42/h3-39H,1-2H3. The van der Waals surface area contributed by atoms with Crippen LogP contribution in [0.25, 0.3) is 66.4 Å². The van der Waals surface area contributed by atoms with Crippen molar-refractivity contribution in [2.24, 2.45) is 0 Å². The van der Waals surface area contributed by atoms with E-state index in [9.17, 15) is 0 Å². The molecule has 3 aliphatic carbocycles. The van der Waals surface area contributed by atoms with Crippen LogP contribution in [-0.2, 0) is 10.8 Å². The van der Waals surface area contributed by atoms with Crippen molar-refractivity contribution >= 4 is 27.8 Å². The maximum absolute atomic E-state index is 2.55. The Morgan fingerprint density at radius 1 is 0.317 bits per heavy atom. The van der Waals surface area contributed by atoms with Gasteiger partial charge in [0.25, 0.3) is 0 Å². The molecule has 0 heterocycles. The third-order valence-corrected chi connectivity index (χ3v) is 14.4. The van der Waals surface area contributed by atoms with Gasteiger partial charge in [0.15, 0.2) is 0 Å². The third kappa shape index (κ3) is 4.94. The maximum atomic E-state index is 2.55. The van der Waals surface area contributed by atoms with Gasteiger partial charge in [-0.2, -0.15) is 0 Å².